The summed E-state index contributed by atoms with van der Waals surface area (Å²) in [6.45, 7) is 0. The molecule has 10 heavy (non-hydrogen) atoms. The van der Waals surface area contributed by atoms with Gasteiger partial charge < -0.3 is 0 Å². The molecule has 0 aliphatic heterocycles. The molecule has 3 nitrogen and oxygen atoms in total. The lowest BCUT2D eigenvalue weighted by molar-refractivity contribution is -0.441. The van der Waals surface area contributed by atoms with Gasteiger partial charge in [-0.25, -0.2) is 5.26 Å². The Morgan fingerprint density at radius 2 is 1.90 bits per heavy atom. The van der Waals surface area contributed by atoms with Gasteiger partial charge in [-0.05, 0) is 5.46 Å². The first-order chi connectivity index (χ1) is 4.93. The highest BCUT2D eigenvalue weighted by Crippen LogP contribution is 1.81. The fourth-order valence-corrected chi connectivity index (χ4v) is 0.609. The molecular formula is C6H6BO3. The van der Waals surface area contributed by atoms with Crippen LogP contribution in [0.15, 0.2) is 30.3 Å². The van der Waals surface area contributed by atoms with Crippen molar-refractivity contribution in [3.63, 3.8) is 0 Å². The molecule has 0 aliphatic rings. The zero-order valence-corrected chi connectivity index (χ0v) is 5.23. The molecule has 1 aromatic rings. The molecule has 0 atom stereocenters. The van der Waals surface area contributed by atoms with E-state index >= 15 is 0 Å². The summed E-state index contributed by atoms with van der Waals surface area (Å²) in [5.41, 5.74) is 0.830. The second-order valence-electron chi connectivity index (χ2n) is 1.70. The van der Waals surface area contributed by atoms with Crippen molar-refractivity contribution in [3.8, 4) is 0 Å². The van der Waals surface area contributed by atoms with E-state index in [4.69, 9.17) is 5.26 Å². The summed E-state index contributed by atoms with van der Waals surface area (Å²) in [5, 5.41) is 11.2. The van der Waals surface area contributed by atoms with Crippen molar-refractivity contribution in [3.05, 3.63) is 30.3 Å². The minimum Gasteiger partial charge on any atom is -0.275 e. The van der Waals surface area contributed by atoms with Crippen LogP contribution in [0.3, 0.4) is 0 Å². The van der Waals surface area contributed by atoms with Crippen LogP contribution in [0, 0.1) is 0 Å². The Bertz CT molecular complexity index is 178. The summed E-state index contributed by atoms with van der Waals surface area (Å²) < 4.78 is 0. The number of benzene rings is 1. The Hall–Kier alpha value is -0.835. The largest absolute Gasteiger partial charge is 0.385 e. The Kier molecular flexibility index (Phi) is 2.95. The van der Waals surface area contributed by atoms with Crippen molar-refractivity contribution in [2.75, 3.05) is 0 Å². The molecule has 0 aliphatic carbocycles. The van der Waals surface area contributed by atoms with Crippen molar-refractivity contribution < 1.29 is 15.1 Å². The Labute approximate surface area is 59.3 Å². The minimum absolute atomic E-state index is 0.830. The molecule has 4 heteroatoms. The third-order valence-electron chi connectivity index (χ3n) is 1.03. The lowest BCUT2D eigenvalue weighted by Gasteiger charge is -1.93. The second kappa shape index (κ2) is 4.06. The topological polar surface area (TPSA) is 38.7 Å². The van der Waals surface area contributed by atoms with Gasteiger partial charge in [0.2, 0.25) is 0 Å². The normalized spacial score (nSPS) is 9.30. The molecule has 0 aromatic heterocycles. The molecule has 0 spiro atoms. The molecule has 0 saturated carbocycles. The summed E-state index contributed by atoms with van der Waals surface area (Å²) in [6, 6.07) is 9.23. The van der Waals surface area contributed by atoms with E-state index in [-0.39, 0.29) is 0 Å². The summed E-state index contributed by atoms with van der Waals surface area (Å²) in [4.78, 5) is 4.15. The standard InChI is InChI=1S/C6H6BO3/c8-10-9-7-6-4-2-1-3-5-6/h1-5,8H. The molecule has 1 rings (SSSR count). The first-order valence-electron chi connectivity index (χ1n) is 2.78. The average Bonchev–Trinajstić information content (AvgIpc) is 2.03. The summed E-state index contributed by atoms with van der Waals surface area (Å²) in [6.07, 6.45) is 0. The van der Waals surface area contributed by atoms with E-state index in [1.807, 2.05) is 30.3 Å². The van der Waals surface area contributed by atoms with Crippen LogP contribution >= 0.6 is 0 Å². The molecule has 1 N–H and O–H groups in total. The number of hydrogen-bond acceptors (Lipinski definition) is 3. The average molecular weight is 137 g/mol. The highest BCUT2D eigenvalue weighted by Gasteiger charge is 1.94. The van der Waals surface area contributed by atoms with Gasteiger partial charge in [-0.1, -0.05) is 35.4 Å². The molecule has 0 saturated heterocycles. The van der Waals surface area contributed by atoms with E-state index in [1.165, 1.54) is 7.48 Å². The van der Waals surface area contributed by atoms with Crippen LogP contribution in [0.4, 0.5) is 0 Å². The van der Waals surface area contributed by atoms with Gasteiger partial charge in [0.1, 0.15) is 0 Å². The molecule has 1 radical (unpaired) electrons. The summed E-state index contributed by atoms with van der Waals surface area (Å²) >= 11 is 0. The van der Waals surface area contributed by atoms with Crippen LogP contribution in [0.2, 0.25) is 0 Å². The monoisotopic (exact) mass is 137 g/mol. The lowest BCUT2D eigenvalue weighted by atomic mass is 9.89. The van der Waals surface area contributed by atoms with Crippen LogP contribution in [0.25, 0.3) is 0 Å². The van der Waals surface area contributed by atoms with Crippen LogP contribution in [0.1, 0.15) is 0 Å². The van der Waals surface area contributed by atoms with Gasteiger partial charge >= 0.3 is 7.48 Å². The van der Waals surface area contributed by atoms with Crippen molar-refractivity contribution in [1.29, 1.82) is 0 Å². The van der Waals surface area contributed by atoms with Crippen molar-refractivity contribution in [2.24, 2.45) is 0 Å². The van der Waals surface area contributed by atoms with Crippen LogP contribution in [0.5, 0.6) is 0 Å². The smallest absolute Gasteiger partial charge is 0.275 e. The Morgan fingerprint density at radius 3 is 2.50 bits per heavy atom. The molecular weight excluding hydrogens is 131 g/mol. The predicted molar refractivity (Wildman–Crippen MR) is 36.6 cm³/mol. The van der Waals surface area contributed by atoms with E-state index in [9.17, 15) is 0 Å². The molecule has 51 valence electrons. The maximum atomic E-state index is 7.77. The van der Waals surface area contributed by atoms with Crippen LogP contribution in [-0.2, 0) is 9.84 Å². The van der Waals surface area contributed by atoms with Crippen LogP contribution in [-0.4, -0.2) is 12.7 Å². The molecule has 1 aromatic carbocycles. The van der Waals surface area contributed by atoms with Gasteiger partial charge in [-0.15, -0.1) is 0 Å². The third-order valence-corrected chi connectivity index (χ3v) is 1.03. The third kappa shape index (κ3) is 2.18. The Morgan fingerprint density at radius 1 is 1.20 bits per heavy atom. The minimum atomic E-state index is 0.830. The predicted octanol–water partition coefficient (Wildman–Crippen LogP) is 0.352. The lowest BCUT2D eigenvalue weighted by Crippen LogP contribution is -2.16. The molecule has 0 amide bonds. The summed E-state index contributed by atoms with van der Waals surface area (Å²) in [5.74, 6) is 0. The second-order valence-corrected chi connectivity index (χ2v) is 1.70. The quantitative estimate of drug-likeness (QED) is 0.371. The Balaban J connectivity index is 2.43. The fourth-order valence-electron chi connectivity index (χ4n) is 0.609. The van der Waals surface area contributed by atoms with Gasteiger partial charge in [0.25, 0.3) is 0 Å². The first kappa shape index (κ1) is 7.27. The SMILES string of the molecule is OOO[B]c1ccccc1. The van der Waals surface area contributed by atoms with E-state index in [0.717, 1.165) is 5.46 Å². The number of rotatable bonds is 3. The van der Waals surface area contributed by atoms with Gasteiger partial charge in [0.15, 0.2) is 0 Å². The molecule has 0 fully saturated rings. The highest BCUT2D eigenvalue weighted by molar-refractivity contribution is 6.46. The van der Waals surface area contributed by atoms with E-state index in [2.05, 4.69) is 9.84 Å². The van der Waals surface area contributed by atoms with Gasteiger partial charge in [-0.3, -0.25) is 4.81 Å². The van der Waals surface area contributed by atoms with Gasteiger partial charge in [0, 0.05) is 0 Å². The van der Waals surface area contributed by atoms with Crippen LogP contribution < -0.4 is 5.46 Å². The molecule has 0 heterocycles. The van der Waals surface area contributed by atoms with Crippen molar-refractivity contribution in [1.82, 2.24) is 0 Å². The van der Waals surface area contributed by atoms with Gasteiger partial charge in [0.05, 0.1) is 0 Å². The zero-order chi connectivity index (χ0) is 7.23. The van der Waals surface area contributed by atoms with E-state index in [1.54, 1.807) is 0 Å². The highest BCUT2D eigenvalue weighted by atomic mass is 17.5. The number of hydrogen-bond donors (Lipinski definition) is 1. The summed E-state index contributed by atoms with van der Waals surface area (Å²) in [7, 11) is 1.29. The van der Waals surface area contributed by atoms with Crippen molar-refractivity contribution in [2.45, 2.75) is 0 Å². The maximum absolute atomic E-state index is 7.77. The van der Waals surface area contributed by atoms with E-state index < -0.39 is 0 Å². The fraction of sp³-hybridized carbons (Fsp3) is 0. The van der Waals surface area contributed by atoms with E-state index in [0.29, 0.717) is 0 Å². The maximum Gasteiger partial charge on any atom is 0.385 e. The molecule has 0 unspecified atom stereocenters. The van der Waals surface area contributed by atoms with Crippen molar-refractivity contribution >= 4 is 12.9 Å². The zero-order valence-electron chi connectivity index (χ0n) is 5.23. The van der Waals surface area contributed by atoms with Gasteiger partial charge in [-0.2, -0.15) is 0 Å². The molecule has 0 bridgehead atoms. The first-order valence-corrected chi connectivity index (χ1v) is 2.78.